The molecule has 78 valence electrons. The Labute approximate surface area is 81.4 Å². The van der Waals surface area contributed by atoms with Crippen LogP contribution < -0.4 is 11.1 Å². The Morgan fingerprint density at radius 3 is 2.93 bits per heavy atom. The molecule has 0 aromatic carbocycles. The first-order valence-electron chi connectivity index (χ1n) is 4.61. The Kier molecular flexibility index (Phi) is 2.16. The van der Waals surface area contributed by atoms with Gasteiger partial charge in [-0.1, -0.05) is 0 Å². The predicted octanol–water partition coefficient (Wildman–Crippen LogP) is -1.34. The van der Waals surface area contributed by atoms with Gasteiger partial charge in [-0.15, -0.1) is 0 Å². The molecule has 1 spiro atoms. The van der Waals surface area contributed by atoms with Crippen molar-refractivity contribution < 1.29 is 14.3 Å². The van der Waals surface area contributed by atoms with Crippen LogP contribution in [0.2, 0.25) is 0 Å². The Hall–Kier alpha value is -1.14. The highest BCUT2D eigenvalue weighted by Crippen LogP contribution is 2.26. The van der Waals surface area contributed by atoms with Gasteiger partial charge in [-0.3, -0.25) is 9.69 Å². The van der Waals surface area contributed by atoms with Gasteiger partial charge in [-0.25, -0.2) is 4.79 Å². The second-order valence-corrected chi connectivity index (χ2v) is 3.56. The molecule has 0 aromatic rings. The van der Waals surface area contributed by atoms with E-state index >= 15 is 0 Å². The zero-order valence-corrected chi connectivity index (χ0v) is 7.78. The van der Waals surface area contributed by atoms with Gasteiger partial charge >= 0.3 is 6.03 Å². The normalized spacial score (nSPS) is 31.6. The molecule has 2 fully saturated rings. The first kappa shape index (κ1) is 9.42. The van der Waals surface area contributed by atoms with E-state index < -0.39 is 5.54 Å². The molecule has 0 bridgehead atoms. The van der Waals surface area contributed by atoms with Gasteiger partial charge in [0, 0.05) is 26.1 Å². The lowest BCUT2D eigenvalue weighted by atomic mass is 9.99. The average molecular weight is 199 g/mol. The lowest BCUT2D eigenvalue weighted by Gasteiger charge is -2.17. The zero-order valence-electron chi connectivity index (χ0n) is 7.78. The van der Waals surface area contributed by atoms with Crippen molar-refractivity contribution in [3.8, 4) is 0 Å². The molecular formula is C8H13N3O3. The maximum atomic E-state index is 11.8. The minimum atomic E-state index is -0.799. The molecule has 1 unspecified atom stereocenters. The summed E-state index contributed by atoms with van der Waals surface area (Å²) in [5.41, 5.74) is 4.52. The molecule has 6 heteroatoms. The summed E-state index contributed by atoms with van der Waals surface area (Å²) in [7, 11) is 0. The summed E-state index contributed by atoms with van der Waals surface area (Å²) in [5.74, 6) is -0.203. The van der Waals surface area contributed by atoms with Crippen molar-refractivity contribution >= 4 is 11.9 Å². The number of nitrogens with two attached hydrogens (primary N) is 1. The van der Waals surface area contributed by atoms with Crippen LogP contribution in [0.15, 0.2) is 0 Å². The number of nitrogens with one attached hydrogen (secondary N) is 1. The van der Waals surface area contributed by atoms with Crippen LogP contribution in [0.1, 0.15) is 6.42 Å². The van der Waals surface area contributed by atoms with E-state index in [9.17, 15) is 9.59 Å². The van der Waals surface area contributed by atoms with E-state index in [1.807, 2.05) is 0 Å². The van der Waals surface area contributed by atoms with E-state index in [0.717, 1.165) is 4.90 Å². The van der Waals surface area contributed by atoms with Gasteiger partial charge < -0.3 is 15.8 Å². The molecule has 3 amide bonds. The van der Waals surface area contributed by atoms with Crippen molar-refractivity contribution in [1.82, 2.24) is 10.2 Å². The Bertz CT molecular complexity index is 273. The number of imide groups is 1. The molecule has 2 rings (SSSR count). The van der Waals surface area contributed by atoms with Crippen molar-refractivity contribution in [3.63, 3.8) is 0 Å². The molecule has 2 saturated heterocycles. The second kappa shape index (κ2) is 3.21. The summed E-state index contributed by atoms with van der Waals surface area (Å²) in [6.07, 6.45) is 0.554. The lowest BCUT2D eigenvalue weighted by Crippen LogP contribution is -2.47. The van der Waals surface area contributed by atoms with E-state index in [4.69, 9.17) is 10.5 Å². The van der Waals surface area contributed by atoms with Crippen molar-refractivity contribution in [3.05, 3.63) is 0 Å². The van der Waals surface area contributed by atoms with E-state index in [0.29, 0.717) is 13.0 Å². The first-order chi connectivity index (χ1) is 6.69. The summed E-state index contributed by atoms with van der Waals surface area (Å²) >= 11 is 0. The minimum Gasteiger partial charge on any atom is -0.378 e. The van der Waals surface area contributed by atoms with Crippen molar-refractivity contribution in [2.24, 2.45) is 5.73 Å². The van der Waals surface area contributed by atoms with Gasteiger partial charge in [0.2, 0.25) is 0 Å². The Morgan fingerprint density at radius 2 is 2.36 bits per heavy atom. The molecule has 2 heterocycles. The average Bonchev–Trinajstić information content (AvgIpc) is 2.69. The van der Waals surface area contributed by atoms with Gasteiger partial charge in [0.25, 0.3) is 5.91 Å². The highest BCUT2D eigenvalue weighted by molar-refractivity contribution is 6.07. The van der Waals surface area contributed by atoms with Gasteiger partial charge in [0.1, 0.15) is 5.54 Å². The maximum absolute atomic E-state index is 11.8. The van der Waals surface area contributed by atoms with Gasteiger partial charge in [-0.2, -0.15) is 0 Å². The van der Waals surface area contributed by atoms with Crippen LogP contribution in [-0.2, 0) is 9.53 Å². The van der Waals surface area contributed by atoms with Crippen LogP contribution in [0.25, 0.3) is 0 Å². The molecule has 1 atom stereocenters. The van der Waals surface area contributed by atoms with Crippen molar-refractivity contribution in [1.29, 1.82) is 0 Å². The number of carbonyl (C=O) groups is 2. The topological polar surface area (TPSA) is 84.7 Å². The molecule has 0 saturated carbocycles. The van der Waals surface area contributed by atoms with E-state index in [2.05, 4.69) is 5.32 Å². The highest BCUT2D eigenvalue weighted by Gasteiger charge is 2.53. The first-order valence-corrected chi connectivity index (χ1v) is 4.61. The van der Waals surface area contributed by atoms with Gasteiger partial charge in [-0.05, 0) is 0 Å². The van der Waals surface area contributed by atoms with Crippen LogP contribution in [0.4, 0.5) is 4.79 Å². The van der Waals surface area contributed by atoms with Crippen molar-refractivity contribution in [2.45, 2.75) is 12.0 Å². The van der Waals surface area contributed by atoms with Crippen LogP contribution in [0.3, 0.4) is 0 Å². The summed E-state index contributed by atoms with van der Waals surface area (Å²) in [4.78, 5) is 24.4. The number of hydrogen-bond acceptors (Lipinski definition) is 4. The molecule has 2 aliphatic rings. The molecule has 0 aliphatic carbocycles. The molecule has 2 aliphatic heterocycles. The lowest BCUT2D eigenvalue weighted by molar-refractivity contribution is -0.131. The Balaban J connectivity index is 2.18. The summed E-state index contributed by atoms with van der Waals surface area (Å²) in [6, 6.07) is -0.356. The summed E-state index contributed by atoms with van der Waals surface area (Å²) < 4.78 is 5.13. The second-order valence-electron chi connectivity index (χ2n) is 3.56. The number of rotatable bonds is 2. The number of ether oxygens (including phenoxy) is 1. The molecule has 0 aromatic heterocycles. The molecule has 0 radical (unpaired) electrons. The molecule has 14 heavy (non-hydrogen) atoms. The largest absolute Gasteiger partial charge is 0.378 e. The highest BCUT2D eigenvalue weighted by atomic mass is 16.5. The third kappa shape index (κ3) is 1.18. The summed E-state index contributed by atoms with van der Waals surface area (Å²) in [5, 5.41) is 2.67. The monoisotopic (exact) mass is 199 g/mol. The fourth-order valence-electron chi connectivity index (χ4n) is 1.84. The third-order valence-electron chi connectivity index (χ3n) is 2.62. The number of amides is 3. The fraction of sp³-hybridized carbons (Fsp3) is 0.750. The molecule has 3 N–H and O–H groups in total. The van der Waals surface area contributed by atoms with Crippen LogP contribution in [0.5, 0.6) is 0 Å². The van der Waals surface area contributed by atoms with Crippen LogP contribution >= 0.6 is 0 Å². The van der Waals surface area contributed by atoms with Crippen LogP contribution in [0, 0.1) is 0 Å². The summed E-state index contributed by atoms with van der Waals surface area (Å²) in [6.45, 7) is 1.35. The van der Waals surface area contributed by atoms with Gasteiger partial charge in [0.05, 0.1) is 6.61 Å². The number of urea groups is 1. The maximum Gasteiger partial charge on any atom is 0.325 e. The fourth-order valence-corrected chi connectivity index (χ4v) is 1.84. The molecule has 6 nitrogen and oxygen atoms in total. The minimum absolute atomic E-state index is 0.203. The van der Waals surface area contributed by atoms with E-state index in [-0.39, 0.29) is 31.6 Å². The van der Waals surface area contributed by atoms with Gasteiger partial charge in [0.15, 0.2) is 0 Å². The SMILES string of the molecule is NCCN1C(=O)NC2(CCOC2)C1=O. The zero-order chi connectivity index (χ0) is 10.2. The number of hydrogen-bond donors (Lipinski definition) is 2. The smallest absolute Gasteiger partial charge is 0.325 e. The Morgan fingerprint density at radius 1 is 1.57 bits per heavy atom. The van der Waals surface area contributed by atoms with Crippen molar-refractivity contribution in [2.75, 3.05) is 26.3 Å². The van der Waals surface area contributed by atoms with Crippen LogP contribution in [-0.4, -0.2) is 48.7 Å². The standard InChI is InChI=1S/C8H13N3O3/c9-2-3-11-6(12)8(10-7(11)13)1-4-14-5-8/h1-5,9H2,(H,10,13). The number of carbonyl (C=O) groups excluding carboxylic acids is 2. The third-order valence-corrected chi connectivity index (χ3v) is 2.62. The quantitative estimate of drug-likeness (QED) is 0.539. The van der Waals surface area contributed by atoms with E-state index in [1.54, 1.807) is 0 Å². The number of nitrogens with zero attached hydrogens (tertiary/aromatic N) is 1. The predicted molar refractivity (Wildman–Crippen MR) is 47.5 cm³/mol. The molecular weight excluding hydrogens is 186 g/mol. The van der Waals surface area contributed by atoms with E-state index in [1.165, 1.54) is 0 Å².